The molecule has 0 N–H and O–H groups in total. The highest BCUT2D eigenvalue weighted by molar-refractivity contribution is 5.74. The van der Waals surface area contributed by atoms with E-state index in [1.165, 1.54) is 6.07 Å². The summed E-state index contributed by atoms with van der Waals surface area (Å²) in [6, 6.07) is 16.0. The topological polar surface area (TPSA) is 56.6 Å². The number of rotatable bonds is 7. The number of carbonyl (C=O) groups is 1. The molecule has 3 aromatic rings. The monoisotopic (exact) mass is 423 g/mol. The second-order valence-electron chi connectivity index (χ2n) is 7.69. The van der Waals surface area contributed by atoms with Crippen LogP contribution >= 0.6 is 0 Å². The predicted molar refractivity (Wildman–Crippen MR) is 115 cm³/mol. The van der Waals surface area contributed by atoms with E-state index in [2.05, 4.69) is 5.10 Å². The number of ether oxygens (including phenoxy) is 2. The van der Waals surface area contributed by atoms with Crippen LogP contribution in [-0.2, 0) is 23.1 Å². The molecule has 1 unspecified atom stereocenters. The lowest BCUT2D eigenvalue weighted by molar-refractivity contribution is -0.131. The molecule has 1 fully saturated rings. The highest BCUT2D eigenvalue weighted by atomic mass is 19.1. The van der Waals surface area contributed by atoms with E-state index in [9.17, 15) is 9.18 Å². The van der Waals surface area contributed by atoms with Gasteiger partial charge in [-0.3, -0.25) is 4.79 Å². The number of para-hydroxylation sites is 1. The smallest absolute Gasteiger partial charge is 0.223 e. The van der Waals surface area contributed by atoms with Crippen molar-refractivity contribution in [2.24, 2.45) is 7.05 Å². The van der Waals surface area contributed by atoms with Crippen molar-refractivity contribution in [2.75, 3.05) is 13.2 Å². The maximum Gasteiger partial charge on any atom is 0.223 e. The maximum atomic E-state index is 14.3. The Morgan fingerprint density at radius 2 is 1.97 bits per heavy atom. The van der Waals surface area contributed by atoms with Crippen molar-refractivity contribution in [1.82, 2.24) is 14.7 Å². The Bertz CT molecular complexity index is 1050. The standard InChI is InChI=1S/C24H26FN3O3/c1-17(29)28(15-19-11-8-14-30-19)16-20-23(18-9-4-3-5-10-18)26-27(2)24(20)31-22-13-7-6-12-21(22)25/h3-7,9-10,12-13,19H,8,11,14-16H2,1-2H3. The third-order valence-corrected chi connectivity index (χ3v) is 5.42. The van der Waals surface area contributed by atoms with Crippen molar-refractivity contribution in [1.29, 1.82) is 0 Å². The van der Waals surface area contributed by atoms with Gasteiger partial charge in [0.1, 0.15) is 5.69 Å². The van der Waals surface area contributed by atoms with Crippen LogP contribution in [-0.4, -0.2) is 39.8 Å². The van der Waals surface area contributed by atoms with Crippen LogP contribution in [0.1, 0.15) is 25.3 Å². The van der Waals surface area contributed by atoms with Gasteiger partial charge in [0.2, 0.25) is 11.8 Å². The number of carbonyl (C=O) groups excluding carboxylic acids is 1. The van der Waals surface area contributed by atoms with Gasteiger partial charge < -0.3 is 14.4 Å². The molecule has 1 aromatic heterocycles. The number of hydrogen-bond donors (Lipinski definition) is 0. The Morgan fingerprint density at radius 1 is 1.23 bits per heavy atom. The van der Waals surface area contributed by atoms with Crippen molar-refractivity contribution in [3.05, 3.63) is 66.0 Å². The summed E-state index contributed by atoms with van der Waals surface area (Å²) in [5.41, 5.74) is 2.33. The molecular weight excluding hydrogens is 397 g/mol. The average molecular weight is 423 g/mol. The first-order valence-electron chi connectivity index (χ1n) is 10.4. The number of amides is 1. The number of benzene rings is 2. The van der Waals surface area contributed by atoms with E-state index >= 15 is 0 Å². The molecule has 7 heteroatoms. The minimum absolute atomic E-state index is 0.0247. The van der Waals surface area contributed by atoms with Crippen LogP contribution in [0.2, 0.25) is 0 Å². The maximum absolute atomic E-state index is 14.3. The first-order valence-corrected chi connectivity index (χ1v) is 10.4. The molecule has 0 bridgehead atoms. The molecule has 2 aromatic carbocycles. The quantitative estimate of drug-likeness (QED) is 0.560. The Kier molecular flexibility index (Phi) is 6.32. The molecule has 1 atom stereocenters. The summed E-state index contributed by atoms with van der Waals surface area (Å²) in [7, 11) is 1.75. The van der Waals surface area contributed by atoms with E-state index in [0.29, 0.717) is 18.1 Å². The Balaban J connectivity index is 1.73. The molecule has 0 saturated carbocycles. The summed E-state index contributed by atoms with van der Waals surface area (Å²) in [5.74, 6) is -0.00342. The molecule has 1 aliphatic heterocycles. The van der Waals surface area contributed by atoms with Crippen LogP contribution in [0.15, 0.2) is 54.6 Å². The third kappa shape index (κ3) is 4.77. The lowest BCUT2D eigenvalue weighted by Crippen LogP contribution is -2.35. The fraction of sp³-hybridized carbons (Fsp3) is 0.333. The largest absolute Gasteiger partial charge is 0.436 e. The van der Waals surface area contributed by atoms with E-state index in [1.807, 2.05) is 30.3 Å². The van der Waals surface area contributed by atoms with E-state index in [0.717, 1.165) is 30.6 Å². The van der Waals surface area contributed by atoms with Gasteiger partial charge in [-0.05, 0) is 25.0 Å². The van der Waals surface area contributed by atoms with Gasteiger partial charge in [-0.1, -0.05) is 42.5 Å². The van der Waals surface area contributed by atoms with Crippen LogP contribution in [0.5, 0.6) is 11.6 Å². The second-order valence-corrected chi connectivity index (χ2v) is 7.69. The van der Waals surface area contributed by atoms with E-state index in [1.54, 1.807) is 41.8 Å². The molecule has 6 nitrogen and oxygen atoms in total. The molecule has 0 spiro atoms. The highest BCUT2D eigenvalue weighted by Crippen LogP contribution is 2.35. The SMILES string of the molecule is CC(=O)N(Cc1c(-c2ccccc2)nn(C)c1Oc1ccccc1F)CC1CCCO1. The summed E-state index contributed by atoms with van der Waals surface area (Å²) >= 11 is 0. The van der Waals surface area contributed by atoms with Gasteiger partial charge in [0.15, 0.2) is 11.6 Å². The minimum atomic E-state index is -0.460. The fourth-order valence-electron chi connectivity index (χ4n) is 3.81. The lowest BCUT2D eigenvalue weighted by Gasteiger charge is -2.24. The number of hydrogen-bond acceptors (Lipinski definition) is 4. The lowest BCUT2D eigenvalue weighted by atomic mass is 10.1. The molecule has 0 aliphatic carbocycles. The van der Waals surface area contributed by atoms with Gasteiger partial charge in [0.25, 0.3) is 0 Å². The van der Waals surface area contributed by atoms with Crippen molar-refractivity contribution in [3.8, 4) is 22.9 Å². The molecule has 1 saturated heterocycles. The molecule has 31 heavy (non-hydrogen) atoms. The number of halogens is 1. The summed E-state index contributed by atoms with van der Waals surface area (Å²) in [6.07, 6.45) is 1.96. The van der Waals surface area contributed by atoms with Gasteiger partial charge >= 0.3 is 0 Å². The normalized spacial score (nSPS) is 15.8. The molecule has 162 valence electrons. The van der Waals surface area contributed by atoms with Gasteiger partial charge in [-0.15, -0.1) is 0 Å². The summed E-state index contributed by atoms with van der Waals surface area (Å²) in [4.78, 5) is 14.2. The van der Waals surface area contributed by atoms with Crippen molar-refractivity contribution >= 4 is 5.91 Å². The van der Waals surface area contributed by atoms with Crippen LogP contribution < -0.4 is 4.74 Å². The van der Waals surface area contributed by atoms with Gasteiger partial charge in [0.05, 0.1) is 18.2 Å². The fourth-order valence-corrected chi connectivity index (χ4v) is 3.81. The number of aryl methyl sites for hydroxylation is 1. The van der Waals surface area contributed by atoms with E-state index in [-0.39, 0.29) is 24.3 Å². The van der Waals surface area contributed by atoms with Crippen molar-refractivity contribution < 1.29 is 18.7 Å². The Morgan fingerprint density at radius 3 is 2.65 bits per heavy atom. The minimum Gasteiger partial charge on any atom is -0.436 e. The summed E-state index contributed by atoms with van der Waals surface area (Å²) < 4.78 is 27.6. The zero-order chi connectivity index (χ0) is 21.8. The van der Waals surface area contributed by atoms with Crippen LogP contribution in [0, 0.1) is 5.82 Å². The van der Waals surface area contributed by atoms with Gasteiger partial charge in [-0.2, -0.15) is 5.10 Å². The average Bonchev–Trinajstić information content (AvgIpc) is 3.38. The molecule has 0 radical (unpaired) electrons. The molecule has 2 heterocycles. The first-order chi connectivity index (χ1) is 15.0. The van der Waals surface area contributed by atoms with Gasteiger partial charge in [-0.25, -0.2) is 9.07 Å². The Hall–Kier alpha value is -3.19. The zero-order valence-electron chi connectivity index (χ0n) is 17.8. The first kappa shape index (κ1) is 21.1. The van der Waals surface area contributed by atoms with Crippen LogP contribution in [0.3, 0.4) is 0 Å². The van der Waals surface area contributed by atoms with Gasteiger partial charge in [0, 0.05) is 32.7 Å². The molecule has 1 aliphatic rings. The molecular formula is C24H26FN3O3. The predicted octanol–water partition coefficient (Wildman–Crippen LogP) is 4.55. The Labute approximate surface area is 181 Å². The molecule has 1 amide bonds. The van der Waals surface area contributed by atoms with Crippen molar-refractivity contribution in [2.45, 2.75) is 32.4 Å². The number of aromatic nitrogens is 2. The third-order valence-electron chi connectivity index (χ3n) is 5.42. The van der Waals surface area contributed by atoms with Crippen LogP contribution in [0.25, 0.3) is 11.3 Å². The zero-order valence-corrected chi connectivity index (χ0v) is 17.8. The van der Waals surface area contributed by atoms with Crippen molar-refractivity contribution in [3.63, 3.8) is 0 Å². The summed E-state index contributed by atoms with van der Waals surface area (Å²) in [5, 5.41) is 4.65. The summed E-state index contributed by atoms with van der Waals surface area (Å²) in [6.45, 7) is 3.06. The van der Waals surface area contributed by atoms with E-state index < -0.39 is 5.82 Å². The van der Waals surface area contributed by atoms with Crippen LogP contribution in [0.4, 0.5) is 4.39 Å². The number of nitrogens with zero attached hydrogens (tertiary/aromatic N) is 3. The second kappa shape index (κ2) is 9.31. The highest BCUT2D eigenvalue weighted by Gasteiger charge is 2.26. The molecule has 4 rings (SSSR count). The van der Waals surface area contributed by atoms with E-state index in [4.69, 9.17) is 9.47 Å².